The molecule has 0 spiro atoms. The summed E-state index contributed by atoms with van der Waals surface area (Å²) in [4.78, 5) is 6.73. The number of benzene rings is 1. The summed E-state index contributed by atoms with van der Waals surface area (Å²) in [5.74, 6) is 1.10. The van der Waals surface area contributed by atoms with E-state index in [1.165, 1.54) is 5.56 Å². The standard InChI is InChI=1S/C19H25N3O/c1-21-15-11-20-19(21)18(23)17-9-13-22(14-10-17)12-5-8-16-6-3-2-4-7-16/h2-8,11,15,17-18,23H,9-10,12-14H2,1H3/b8-5+/t18-/m1/s1. The van der Waals surface area contributed by atoms with E-state index in [0.29, 0.717) is 5.92 Å². The van der Waals surface area contributed by atoms with Crippen LogP contribution in [-0.4, -0.2) is 39.2 Å². The van der Waals surface area contributed by atoms with Gasteiger partial charge in [0.15, 0.2) is 0 Å². The summed E-state index contributed by atoms with van der Waals surface area (Å²) in [5.41, 5.74) is 1.24. The van der Waals surface area contributed by atoms with Crippen molar-refractivity contribution in [2.45, 2.75) is 18.9 Å². The molecule has 0 aliphatic carbocycles. The van der Waals surface area contributed by atoms with E-state index in [2.05, 4.69) is 46.3 Å². The van der Waals surface area contributed by atoms with Gasteiger partial charge >= 0.3 is 0 Å². The van der Waals surface area contributed by atoms with Crippen LogP contribution in [0, 0.1) is 5.92 Å². The Labute approximate surface area is 138 Å². The molecular formula is C19H25N3O. The molecule has 0 bridgehead atoms. The quantitative estimate of drug-likeness (QED) is 0.923. The Kier molecular flexibility index (Phi) is 5.26. The third-order valence-corrected chi connectivity index (χ3v) is 4.68. The second-order valence-corrected chi connectivity index (χ2v) is 6.29. The minimum Gasteiger partial charge on any atom is -0.385 e. The number of hydrogen-bond donors (Lipinski definition) is 1. The molecule has 1 aromatic carbocycles. The molecule has 3 rings (SSSR count). The van der Waals surface area contributed by atoms with Crippen LogP contribution in [0.1, 0.15) is 30.3 Å². The lowest BCUT2D eigenvalue weighted by molar-refractivity contribution is 0.0541. The van der Waals surface area contributed by atoms with E-state index in [1.54, 1.807) is 6.20 Å². The highest BCUT2D eigenvalue weighted by molar-refractivity contribution is 5.48. The van der Waals surface area contributed by atoms with E-state index in [9.17, 15) is 5.11 Å². The lowest BCUT2D eigenvalue weighted by atomic mass is 9.90. The molecule has 23 heavy (non-hydrogen) atoms. The molecule has 122 valence electrons. The number of imidazole rings is 1. The molecule has 4 heteroatoms. The molecule has 1 saturated heterocycles. The van der Waals surface area contributed by atoms with Gasteiger partial charge in [0.2, 0.25) is 0 Å². The van der Waals surface area contributed by atoms with Crippen LogP contribution in [0.25, 0.3) is 6.08 Å². The Hall–Kier alpha value is -1.91. The molecule has 1 aliphatic heterocycles. The molecule has 1 fully saturated rings. The highest BCUT2D eigenvalue weighted by atomic mass is 16.3. The van der Waals surface area contributed by atoms with Crippen molar-refractivity contribution in [3.05, 3.63) is 60.2 Å². The van der Waals surface area contributed by atoms with Crippen LogP contribution in [0.2, 0.25) is 0 Å². The normalized spacial score (nSPS) is 18.5. The third kappa shape index (κ3) is 4.09. The summed E-state index contributed by atoms with van der Waals surface area (Å²) in [5, 5.41) is 10.5. The van der Waals surface area contributed by atoms with Crippen molar-refractivity contribution < 1.29 is 5.11 Å². The van der Waals surface area contributed by atoms with E-state index in [-0.39, 0.29) is 0 Å². The van der Waals surface area contributed by atoms with Gasteiger partial charge in [-0.05, 0) is 37.4 Å². The Morgan fingerprint density at radius 1 is 1.26 bits per heavy atom. The van der Waals surface area contributed by atoms with Crippen molar-refractivity contribution in [3.8, 4) is 0 Å². The van der Waals surface area contributed by atoms with Crippen LogP contribution < -0.4 is 0 Å². The van der Waals surface area contributed by atoms with Gasteiger partial charge in [-0.15, -0.1) is 0 Å². The van der Waals surface area contributed by atoms with Crippen LogP contribution in [-0.2, 0) is 7.05 Å². The van der Waals surface area contributed by atoms with Crippen molar-refractivity contribution in [2.24, 2.45) is 13.0 Å². The number of aliphatic hydroxyl groups excluding tert-OH is 1. The van der Waals surface area contributed by atoms with E-state index < -0.39 is 6.10 Å². The second-order valence-electron chi connectivity index (χ2n) is 6.29. The molecule has 2 aromatic rings. The number of nitrogens with zero attached hydrogens (tertiary/aromatic N) is 3. The first-order valence-electron chi connectivity index (χ1n) is 8.33. The molecule has 1 N–H and O–H groups in total. The van der Waals surface area contributed by atoms with Crippen LogP contribution in [0.3, 0.4) is 0 Å². The van der Waals surface area contributed by atoms with Gasteiger partial charge in [0.25, 0.3) is 0 Å². The number of rotatable bonds is 5. The number of aromatic nitrogens is 2. The van der Waals surface area contributed by atoms with Crippen molar-refractivity contribution >= 4 is 6.08 Å². The molecule has 0 unspecified atom stereocenters. The fourth-order valence-corrected chi connectivity index (χ4v) is 3.23. The highest BCUT2D eigenvalue weighted by Crippen LogP contribution is 2.29. The first-order valence-corrected chi connectivity index (χ1v) is 8.33. The van der Waals surface area contributed by atoms with Crippen molar-refractivity contribution in [2.75, 3.05) is 19.6 Å². The molecule has 0 saturated carbocycles. The predicted molar refractivity (Wildman–Crippen MR) is 92.8 cm³/mol. The monoisotopic (exact) mass is 311 g/mol. The largest absolute Gasteiger partial charge is 0.385 e. The van der Waals surface area contributed by atoms with E-state index >= 15 is 0 Å². The molecule has 2 heterocycles. The molecule has 1 atom stereocenters. The fourth-order valence-electron chi connectivity index (χ4n) is 3.23. The first-order chi connectivity index (χ1) is 11.2. The van der Waals surface area contributed by atoms with Crippen LogP contribution in [0.4, 0.5) is 0 Å². The highest BCUT2D eigenvalue weighted by Gasteiger charge is 2.27. The zero-order valence-corrected chi connectivity index (χ0v) is 13.7. The van der Waals surface area contributed by atoms with Gasteiger partial charge in [0.1, 0.15) is 11.9 Å². The van der Waals surface area contributed by atoms with Crippen LogP contribution >= 0.6 is 0 Å². The number of likely N-dealkylation sites (tertiary alicyclic amines) is 1. The molecule has 1 aromatic heterocycles. The minimum atomic E-state index is -0.447. The van der Waals surface area contributed by atoms with Gasteiger partial charge in [-0.1, -0.05) is 42.5 Å². The number of piperidine rings is 1. The van der Waals surface area contributed by atoms with Gasteiger partial charge in [-0.2, -0.15) is 0 Å². The number of hydrogen-bond acceptors (Lipinski definition) is 3. The van der Waals surface area contributed by atoms with Crippen molar-refractivity contribution in [1.29, 1.82) is 0 Å². The molecule has 0 amide bonds. The summed E-state index contributed by atoms with van der Waals surface area (Å²) in [6.07, 6.45) is 9.64. The van der Waals surface area contributed by atoms with Gasteiger partial charge in [-0.3, -0.25) is 4.90 Å². The van der Waals surface area contributed by atoms with Gasteiger partial charge in [-0.25, -0.2) is 4.98 Å². The Morgan fingerprint density at radius 2 is 2.00 bits per heavy atom. The molecular weight excluding hydrogens is 286 g/mol. The number of aliphatic hydroxyl groups is 1. The zero-order chi connectivity index (χ0) is 16.1. The predicted octanol–water partition coefficient (Wildman–Crippen LogP) is 2.88. The average Bonchev–Trinajstić information content (AvgIpc) is 3.02. The lowest BCUT2D eigenvalue weighted by Gasteiger charge is -2.33. The van der Waals surface area contributed by atoms with Crippen molar-refractivity contribution in [1.82, 2.24) is 14.5 Å². The lowest BCUT2D eigenvalue weighted by Crippen LogP contribution is -2.36. The summed E-state index contributed by atoms with van der Waals surface area (Å²) in [6, 6.07) is 10.4. The molecule has 1 aliphatic rings. The third-order valence-electron chi connectivity index (χ3n) is 4.68. The summed E-state index contributed by atoms with van der Waals surface area (Å²) in [7, 11) is 1.94. The Balaban J connectivity index is 1.47. The van der Waals surface area contributed by atoms with E-state index in [1.807, 2.05) is 23.9 Å². The summed E-state index contributed by atoms with van der Waals surface area (Å²) in [6.45, 7) is 3.04. The topological polar surface area (TPSA) is 41.3 Å². The van der Waals surface area contributed by atoms with Crippen molar-refractivity contribution in [3.63, 3.8) is 0 Å². The summed E-state index contributed by atoms with van der Waals surface area (Å²) < 4.78 is 1.92. The average molecular weight is 311 g/mol. The Bertz CT molecular complexity index is 627. The first kappa shape index (κ1) is 16.0. The summed E-state index contributed by atoms with van der Waals surface area (Å²) >= 11 is 0. The van der Waals surface area contributed by atoms with Gasteiger partial charge < -0.3 is 9.67 Å². The maximum atomic E-state index is 10.5. The van der Waals surface area contributed by atoms with Gasteiger partial charge in [0, 0.05) is 26.0 Å². The molecule has 4 nitrogen and oxygen atoms in total. The SMILES string of the molecule is Cn1ccnc1[C@H](O)C1CCN(C/C=C/c2ccccc2)CC1. The zero-order valence-electron chi connectivity index (χ0n) is 13.7. The second kappa shape index (κ2) is 7.57. The smallest absolute Gasteiger partial charge is 0.137 e. The minimum absolute atomic E-state index is 0.311. The van der Waals surface area contributed by atoms with Crippen LogP contribution in [0.15, 0.2) is 48.8 Å². The Morgan fingerprint density at radius 3 is 2.65 bits per heavy atom. The van der Waals surface area contributed by atoms with Crippen LogP contribution in [0.5, 0.6) is 0 Å². The fraction of sp³-hybridized carbons (Fsp3) is 0.421. The van der Waals surface area contributed by atoms with E-state index in [0.717, 1.165) is 38.3 Å². The maximum Gasteiger partial charge on any atom is 0.137 e. The van der Waals surface area contributed by atoms with E-state index in [4.69, 9.17) is 0 Å². The van der Waals surface area contributed by atoms with Gasteiger partial charge in [0.05, 0.1) is 0 Å². The molecule has 0 radical (unpaired) electrons. The number of aryl methyl sites for hydroxylation is 1. The maximum absolute atomic E-state index is 10.5.